The minimum absolute atomic E-state index is 0.250. The number of amidine groups is 1. The van der Waals surface area contributed by atoms with E-state index < -0.39 is 11.7 Å². The molecule has 0 bridgehead atoms. The summed E-state index contributed by atoms with van der Waals surface area (Å²) in [7, 11) is 3.59. The van der Waals surface area contributed by atoms with Crippen molar-refractivity contribution in [2.75, 3.05) is 40.3 Å². The number of nitrogens with zero attached hydrogens (tertiary/aromatic N) is 3. The van der Waals surface area contributed by atoms with Gasteiger partial charge in [-0.1, -0.05) is 19.2 Å². The molecule has 0 aromatic carbocycles. The SMILES string of the molecule is C=C/C=C(/CNC(=O)OC(C)(C)C)N(/C=C\C(=C)NC)/C(CN1CCCC1)=N\NC. The summed E-state index contributed by atoms with van der Waals surface area (Å²) in [6.07, 6.45) is 9.18. The molecule has 1 aliphatic heterocycles. The molecule has 168 valence electrons. The van der Waals surface area contributed by atoms with Gasteiger partial charge in [-0.3, -0.25) is 4.90 Å². The number of allylic oxidation sites excluding steroid dienone is 3. The first-order valence-electron chi connectivity index (χ1n) is 10.3. The lowest BCUT2D eigenvalue weighted by Gasteiger charge is -2.28. The Morgan fingerprint density at radius 1 is 1.27 bits per heavy atom. The van der Waals surface area contributed by atoms with Crippen LogP contribution >= 0.6 is 0 Å². The highest BCUT2D eigenvalue weighted by molar-refractivity contribution is 5.87. The molecule has 1 fully saturated rings. The van der Waals surface area contributed by atoms with E-state index in [2.05, 4.69) is 39.2 Å². The van der Waals surface area contributed by atoms with Crippen molar-refractivity contribution in [3.63, 3.8) is 0 Å². The number of alkyl carbamates (subject to hydrolysis) is 1. The molecule has 0 atom stereocenters. The van der Waals surface area contributed by atoms with Crippen molar-refractivity contribution in [3.05, 3.63) is 49.0 Å². The molecule has 30 heavy (non-hydrogen) atoms. The number of hydrogen-bond acceptors (Lipinski definition) is 6. The number of nitrogens with one attached hydrogen (secondary N) is 3. The summed E-state index contributed by atoms with van der Waals surface area (Å²) in [6.45, 7) is 16.3. The van der Waals surface area contributed by atoms with Crippen LogP contribution in [0.5, 0.6) is 0 Å². The largest absolute Gasteiger partial charge is 0.444 e. The minimum Gasteiger partial charge on any atom is -0.444 e. The van der Waals surface area contributed by atoms with Crippen molar-refractivity contribution in [1.82, 2.24) is 25.9 Å². The van der Waals surface area contributed by atoms with Gasteiger partial charge in [-0.05, 0) is 58.9 Å². The van der Waals surface area contributed by atoms with Gasteiger partial charge in [0.25, 0.3) is 0 Å². The highest BCUT2D eigenvalue weighted by atomic mass is 16.6. The van der Waals surface area contributed by atoms with Gasteiger partial charge in [0.15, 0.2) is 0 Å². The topological polar surface area (TPSA) is 81.2 Å². The van der Waals surface area contributed by atoms with E-state index in [-0.39, 0.29) is 6.54 Å². The Morgan fingerprint density at radius 2 is 1.93 bits per heavy atom. The van der Waals surface area contributed by atoms with Crippen LogP contribution in [0.3, 0.4) is 0 Å². The Balaban J connectivity index is 3.12. The van der Waals surface area contributed by atoms with Crippen molar-refractivity contribution in [2.45, 2.75) is 39.2 Å². The van der Waals surface area contributed by atoms with Crippen LogP contribution in [0.1, 0.15) is 33.6 Å². The second-order valence-electron chi connectivity index (χ2n) is 7.95. The maximum atomic E-state index is 12.2. The van der Waals surface area contributed by atoms with Crippen LogP contribution < -0.4 is 16.1 Å². The first kappa shape index (κ1) is 25.3. The van der Waals surface area contributed by atoms with Gasteiger partial charge in [-0.2, -0.15) is 5.10 Å². The summed E-state index contributed by atoms with van der Waals surface area (Å²) in [5, 5.41) is 10.3. The fraction of sp³-hybridized carbons (Fsp3) is 0.545. The first-order chi connectivity index (χ1) is 14.2. The van der Waals surface area contributed by atoms with Gasteiger partial charge < -0.3 is 25.7 Å². The van der Waals surface area contributed by atoms with Crippen LogP contribution in [0.4, 0.5) is 4.79 Å². The zero-order valence-electron chi connectivity index (χ0n) is 19.1. The third kappa shape index (κ3) is 9.65. The van der Waals surface area contributed by atoms with Crippen molar-refractivity contribution in [1.29, 1.82) is 0 Å². The van der Waals surface area contributed by atoms with E-state index in [1.165, 1.54) is 12.8 Å². The lowest BCUT2D eigenvalue weighted by Crippen LogP contribution is -2.41. The zero-order valence-corrected chi connectivity index (χ0v) is 19.1. The van der Waals surface area contributed by atoms with E-state index in [0.717, 1.165) is 30.3 Å². The summed E-state index contributed by atoms with van der Waals surface area (Å²) in [5.41, 5.74) is 3.88. The van der Waals surface area contributed by atoms with Crippen LogP contribution in [0, 0.1) is 0 Å². The second kappa shape index (κ2) is 12.7. The lowest BCUT2D eigenvalue weighted by atomic mass is 10.2. The number of carbonyl (C=O) groups is 1. The average Bonchev–Trinajstić information content (AvgIpc) is 3.17. The van der Waals surface area contributed by atoms with Gasteiger partial charge in [0, 0.05) is 31.7 Å². The highest BCUT2D eigenvalue weighted by Crippen LogP contribution is 2.13. The molecule has 0 aliphatic carbocycles. The zero-order chi connectivity index (χ0) is 22.6. The number of amides is 1. The highest BCUT2D eigenvalue weighted by Gasteiger charge is 2.21. The number of likely N-dealkylation sites (tertiary alicyclic amines) is 1. The summed E-state index contributed by atoms with van der Waals surface area (Å²) in [5.74, 6) is 0.804. The lowest BCUT2D eigenvalue weighted by molar-refractivity contribution is 0.0531. The van der Waals surface area contributed by atoms with Crippen LogP contribution in [-0.4, -0.2) is 67.6 Å². The Morgan fingerprint density at radius 3 is 2.47 bits per heavy atom. The first-order valence-corrected chi connectivity index (χ1v) is 10.3. The van der Waals surface area contributed by atoms with Crippen LogP contribution in [0.15, 0.2) is 54.1 Å². The smallest absolute Gasteiger partial charge is 0.407 e. The number of carbonyl (C=O) groups excluding carboxylic acids is 1. The molecule has 1 saturated heterocycles. The van der Waals surface area contributed by atoms with Crippen LogP contribution in [-0.2, 0) is 4.74 Å². The van der Waals surface area contributed by atoms with Gasteiger partial charge in [-0.15, -0.1) is 0 Å². The van der Waals surface area contributed by atoms with E-state index in [1.807, 2.05) is 51.1 Å². The quantitative estimate of drug-likeness (QED) is 0.219. The molecule has 8 nitrogen and oxygen atoms in total. The van der Waals surface area contributed by atoms with E-state index in [0.29, 0.717) is 6.54 Å². The molecule has 3 N–H and O–H groups in total. The van der Waals surface area contributed by atoms with Gasteiger partial charge >= 0.3 is 6.09 Å². The summed E-state index contributed by atoms with van der Waals surface area (Å²) in [4.78, 5) is 16.5. The standard InChI is InChI=1S/C22H38N6O2/c1-8-11-19(16-25-21(29)30-22(3,4)5)28(15-12-18(2)23-6)20(26-24-7)17-27-13-9-10-14-27/h8,11-12,15,23-24H,1-2,9-10,13-14,16-17H2,3-7H3,(H,25,29)/b15-12-,19-11-,26-20-. The minimum atomic E-state index is -0.564. The molecular formula is C22H38N6O2. The maximum Gasteiger partial charge on any atom is 0.407 e. The van der Waals surface area contributed by atoms with Gasteiger partial charge in [-0.25, -0.2) is 4.79 Å². The predicted molar refractivity (Wildman–Crippen MR) is 124 cm³/mol. The van der Waals surface area contributed by atoms with E-state index in [1.54, 1.807) is 13.1 Å². The molecule has 0 aromatic heterocycles. The summed E-state index contributed by atoms with van der Waals surface area (Å²) < 4.78 is 5.36. The van der Waals surface area contributed by atoms with Crippen molar-refractivity contribution < 1.29 is 9.53 Å². The molecule has 0 radical (unpaired) electrons. The van der Waals surface area contributed by atoms with Gasteiger partial charge in [0.05, 0.1) is 13.1 Å². The third-order valence-electron chi connectivity index (χ3n) is 4.26. The Bertz CT molecular complexity index is 670. The molecule has 1 amide bonds. The van der Waals surface area contributed by atoms with Crippen molar-refractivity contribution in [2.24, 2.45) is 5.10 Å². The normalized spacial score (nSPS) is 15.8. The maximum absolute atomic E-state index is 12.2. The van der Waals surface area contributed by atoms with Gasteiger partial charge in [0.1, 0.15) is 11.4 Å². The number of hydrazone groups is 1. The van der Waals surface area contributed by atoms with E-state index in [4.69, 9.17) is 4.74 Å². The van der Waals surface area contributed by atoms with Crippen molar-refractivity contribution in [3.8, 4) is 0 Å². The molecule has 0 spiro atoms. The molecule has 0 saturated carbocycles. The molecule has 0 unspecified atom stereocenters. The Labute approximate surface area is 181 Å². The Kier molecular flexibility index (Phi) is 10.7. The summed E-state index contributed by atoms with van der Waals surface area (Å²) >= 11 is 0. The molecule has 1 aliphatic rings. The van der Waals surface area contributed by atoms with E-state index in [9.17, 15) is 4.79 Å². The average molecular weight is 419 g/mol. The number of ether oxygens (including phenoxy) is 1. The van der Waals surface area contributed by atoms with Crippen molar-refractivity contribution >= 4 is 11.9 Å². The number of hydrogen-bond donors (Lipinski definition) is 3. The van der Waals surface area contributed by atoms with E-state index >= 15 is 0 Å². The number of likely N-dealkylation sites (N-methyl/N-ethyl adjacent to an activating group) is 1. The molecule has 0 aromatic rings. The van der Waals surface area contributed by atoms with Gasteiger partial charge in [0.2, 0.25) is 0 Å². The summed E-state index contributed by atoms with van der Waals surface area (Å²) in [6, 6.07) is 0. The molecule has 1 heterocycles. The molecule has 8 heteroatoms. The fourth-order valence-electron chi connectivity index (χ4n) is 2.87. The fourth-order valence-corrected chi connectivity index (χ4v) is 2.87. The molecular weight excluding hydrogens is 380 g/mol. The van der Waals surface area contributed by atoms with Crippen LogP contribution in [0.25, 0.3) is 0 Å². The predicted octanol–water partition coefficient (Wildman–Crippen LogP) is 2.76. The van der Waals surface area contributed by atoms with Crippen LogP contribution in [0.2, 0.25) is 0 Å². The number of rotatable bonds is 10. The second-order valence-corrected chi connectivity index (χ2v) is 7.95. The molecule has 1 rings (SSSR count). The monoisotopic (exact) mass is 418 g/mol. The Hall–Kier alpha value is -2.74. The third-order valence-corrected chi connectivity index (χ3v) is 4.26.